The minimum Gasteiger partial charge on any atom is -0.494 e. The van der Waals surface area contributed by atoms with Gasteiger partial charge in [-0.25, -0.2) is 0 Å². The van der Waals surface area contributed by atoms with E-state index in [0.29, 0.717) is 25.4 Å². The van der Waals surface area contributed by atoms with Gasteiger partial charge < -0.3 is 19.5 Å². The van der Waals surface area contributed by atoms with Crippen molar-refractivity contribution in [2.45, 2.75) is 39.0 Å². The van der Waals surface area contributed by atoms with Crippen LogP contribution in [0.5, 0.6) is 5.75 Å². The Morgan fingerprint density at radius 2 is 1.88 bits per heavy atom. The fourth-order valence-electron chi connectivity index (χ4n) is 4.58. The number of rotatable bonds is 7. The zero-order valence-electron chi connectivity index (χ0n) is 19.3. The lowest BCUT2D eigenvalue weighted by Gasteiger charge is -2.44. The monoisotopic (exact) mass is 473 g/mol. The van der Waals surface area contributed by atoms with Gasteiger partial charge in [-0.3, -0.25) is 9.59 Å². The summed E-state index contributed by atoms with van der Waals surface area (Å²) in [5, 5.41) is 6.11. The van der Waals surface area contributed by atoms with Crippen molar-refractivity contribution < 1.29 is 14.3 Å². The molecular weight excluding hydrogens is 446 g/mol. The summed E-state index contributed by atoms with van der Waals surface area (Å²) < 4.78 is 7.81. The molecule has 0 unspecified atom stereocenters. The van der Waals surface area contributed by atoms with Crippen molar-refractivity contribution in [3.8, 4) is 5.75 Å². The van der Waals surface area contributed by atoms with E-state index in [4.69, 9.17) is 4.74 Å². The lowest BCUT2D eigenvalue weighted by molar-refractivity contribution is -0.133. The van der Waals surface area contributed by atoms with Crippen LogP contribution in [0.2, 0.25) is 0 Å². The highest BCUT2D eigenvalue weighted by Gasteiger charge is 2.48. The van der Waals surface area contributed by atoms with Gasteiger partial charge in [-0.05, 0) is 43.0 Å². The van der Waals surface area contributed by atoms with Gasteiger partial charge in [-0.1, -0.05) is 48.5 Å². The van der Waals surface area contributed by atoms with Crippen LogP contribution in [-0.2, 0) is 24.4 Å². The first kappa shape index (κ1) is 22.2. The molecule has 0 saturated heterocycles. The van der Waals surface area contributed by atoms with E-state index < -0.39 is 5.54 Å². The number of carbonyl (C=O) groups excluding carboxylic acids is 2. The Balaban J connectivity index is 1.52. The summed E-state index contributed by atoms with van der Waals surface area (Å²) >= 11 is 1.59. The lowest BCUT2D eigenvalue weighted by Crippen LogP contribution is -2.63. The molecular formula is C27H27N3O3S. The Hall–Kier alpha value is -3.58. The van der Waals surface area contributed by atoms with E-state index in [1.54, 1.807) is 16.2 Å². The summed E-state index contributed by atoms with van der Waals surface area (Å²) in [6, 6.07) is 21.4. The van der Waals surface area contributed by atoms with Crippen LogP contribution in [0.15, 0.2) is 72.1 Å². The molecule has 0 radical (unpaired) electrons. The van der Waals surface area contributed by atoms with E-state index in [9.17, 15) is 9.59 Å². The Kier molecular flexibility index (Phi) is 5.87. The zero-order chi connectivity index (χ0) is 23.7. The molecule has 0 spiro atoms. The highest BCUT2D eigenvalue weighted by atomic mass is 32.1. The maximum absolute atomic E-state index is 13.8. The van der Waals surface area contributed by atoms with Gasteiger partial charge in [0.1, 0.15) is 21.8 Å². The largest absolute Gasteiger partial charge is 0.494 e. The predicted molar refractivity (Wildman–Crippen MR) is 134 cm³/mol. The normalized spacial score (nSPS) is 17.6. The number of carbonyl (C=O) groups is 2. The molecule has 5 rings (SSSR count). The number of hydrogen-bond donors (Lipinski definition) is 1. The average Bonchev–Trinajstić information content (AvgIpc) is 3.44. The molecule has 34 heavy (non-hydrogen) atoms. The number of hydrogen-bond acceptors (Lipinski definition) is 4. The van der Waals surface area contributed by atoms with Gasteiger partial charge in [0.25, 0.3) is 5.91 Å². The molecule has 4 aromatic rings. The van der Waals surface area contributed by atoms with Crippen LogP contribution < -0.4 is 10.1 Å². The van der Waals surface area contributed by atoms with Gasteiger partial charge in [0.15, 0.2) is 0 Å². The van der Waals surface area contributed by atoms with E-state index in [-0.39, 0.29) is 18.4 Å². The second-order valence-corrected chi connectivity index (χ2v) is 9.57. The molecule has 2 aromatic carbocycles. The van der Waals surface area contributed by atoms with E-state index in [1.165, 1.54) is 0 Å². The standard InChI is InChI=1S/C27H27N3O3S/c1-3-33-23-12-8-7-11-21(23)17-30-24(31)22-15-20-13-14-34-25(20)29(22)18-27(30,2)26(32)28-16-19-9-5-4-6-10-19/h4-15H,3,16-18H2,1-2H3,(H,28,32)/t27-/m1/s1. The van der Waals surface area contributed by atoms with Gasteiger partial charge in [-0.2, -0.15) is 0 Å². The smallest absolute Gasteiger partial charge is 0.271 e. The SMILES string of the molecule is CCOc1ccccc1CN1C(=O)c2cc3ccsc3n2C[C@]1(C)C(=O)NCc1ccccc1. The average molecular weight is 474 g/mol. The zero-order valence-corrected chi connectivity index (χ0v) is 20.1. The van der Waals surface area contributed by atoms with Crippen molar-refractivity contribution in [2.24, 2.45) is 0 Å². The number of fused-ring (bicyclic) bond motifs is 3. The second-order valence-electron chi connectivity index (χ2n) is 8.67. The third kappa shape index (κ3) is 3.86. The quantitative estimate of drug-likeness (QED) is 0.418. The molecule has 0 bridgehead atoms. The van der Waals surface area contributed by atoms with Crippen molar-refractivity contribution in [1.29, 1.82) is 0 Å². The van der Waals surface area contributed by atoms with Gasteiger partial charge in [0.05, 0.1) is 19.7 Å². The van der Waals surface area contributed by atoms with Crippen molar-refractivity contribution in [2.75, 3.05) is 6.61 Å². The molecule has 2 amide bonds. The Morgan fingerprint density at radius 3 is 2.68 bits per heavy atom. The fourth-order valence-corrected chi connectivity index (χ4v) is 5.47. The van der Waals surface area contributed by atoms with Crippen LogP contribution in [0, 0.1) is 0 Å². The molecule has 7 heteroatoms. The van der Waals surface area contributed by atoms with Crippen LogP contribution in [0.4, 0.5) is 0 Å². The molecule has 1 N–H and O–H groups in total. The van der Waals surface area contributed by atoms with Crippen molar-refractivity contribution in [3.05, 3.63) is 88.9 Å². The Morgan fingerprint density at radius 1 is 1.12 bits per heavy atom. The third-order valence-corrected chi connectivity index (χ3v) is 7.37. The number of amides is 2. The van der Waals surface area contributed by atoms with Crippen LogP contribution in [-0.4, -0.2) is 33.4 Å². The van der Waals surface area contributed by atoms with Crippen LogP contribution in [0.1, 0.15) is 35.5 Å². The van der Waals surface area contributed by atoms with Gasteiger partial charge in [-0.15, -0.1) is 11.3 Å². The topological polar surface area (TPSA) is 63.6 Å². The van der Waals surface area contributed by atoms with Crippen LogP contribution in [0.25, 0.3) is 10.2 Å². The van der Waals surface area contributed by atoms with Crippen molar-refractivity contribution in [1.82, 2.24) is 14.8 Å². The summed E-state index contributed by atoms with van der Waals surface area (Å²) in [6.45, 7) is 5.39. The minimum atomic E-state index is -1.08. The molecule has 3 heterocycles. The maximum atomic E-state index is 13.8. The highest BCUT2D eigenvalue weighted by molar-refractivity contribution is 7.16. The number of nitrogens with zero attached hydrogens (tertiary/aromatic N) is 2. The number of nitrogens with one attached hydrogen (secondary N) is 1. The van der Waals surface area contributed by atoms with Crippen molar-refractivity contribution in [3.63, 3.8) is 0 Å². The van der Waals surface area contributed by atoms with Gasteiger partial charge in [0.2, 0.25) is 5.91 Å². The predicted octanol–water partition coefficient (Wildman–Crippen LogP) is 4.83. The molecule has 1 aliphatic heterocycles. The first-order valence-electron chi connectivity index (χ1n) is 11.4. The maximum Gasteiger partial charge on any atom is 0.271 e. The number of ether oxygens (including phenoxy) is 1. The lowest BCUT2D eigenvalue weighted by atomic mass is 9.93. The van der Waals surface area contributed by atoms with Gasteiger partial charge >= 0.3 is 0 Å². The number of benzene rings is 2. The summed E-state index contributed by atoms with van der Waals surface area (Å²) in [5.74, 6) is 0.396. The summed E-state index contributed by atoms with van der Waals surface area (Å²) in [5.41, 5.74) is 1.43. The van der Waals surface area contributed by atoms with Crippen molar-refractivity contribution >= 4 is 33.4 Å². The van der Waals surface area contributed by atoms with E-state index in [1.807, 2.05) is 90.5 Å². The molecule has 174 valence electrons. The molecule has 0 saturated carbocycles. The van der Waals surface area contributed by atoms with Crippen LogP contribution >= 0.6 is 11.3 Å². The van der Waals surface area contributed by atoms with E-state index >= 15 is 0 Å². The molecule has 2 aromatic heterocycles. The molecule has 0 aliphatic carbocycles. The first-order chi connectivity index (χ1) is 16.5. The number of para-hydroxylation sites is 1. The Labute approximate surface area is 202 Å². The molecule has 1 aliphatic rings. The highest BCUT2D eigenvalue weighted by Crippen LogP contribution is 2.36. The second kappa shape index (κ2) is 8.99. The summed E-state index contributed by atoms with van der Waals surface area (Å²) in [4.78, 5) is 30.3. The third-order valence-electron chi connectivity index (χ3n) is 6.41. The molecule has 6 nitrogen and oxygen atoms in total. The molecule has 1 atom stereocenters. The summed E-state index contributed by atoms with van der Waals surface area (Å²) in [6.07, 6.45) is 0. The Bertz CT molecular complexity index is 1340. The minimum absolute atomic E-state index is 0.154. The van der Waals surface area contributed by atoms with E-state index in [0.717, 1.165) is 27.1 Å². The van der Waals surface area contributed by atoms with Gasteiger partial charge in [0, 0.05) is 17.5 Å². The number of thiophene rings is 1. The summed E-state index contributed by atoms with van der Waals surface area (Å²) in [7, 11) is 0. The molecule has 0 fully saturated rings. The first-order valence-corrected chi connectivity index (χ1v) is 12.3. The van der Waals surface area contributed by atoms with Crippen LogP contribution in [0.3, 0.4) is 0 Å². The fraction of sp³-hybridized carbons (Fsp3) is 0.259. The number of aromatic nitrogens is 1. The van der Waals surface area contributed by atoms with E-state index in [2.05, 4.69) is 5.32 Å².